The molecular weight excluding hydrogens is 222 g/mol. The predicted octanol–water partition coefficient (Wildman–Crippen LogP) is 0.470. The number of carbonyl (C=O) groups excluding carboxylic acids is 1. The average molecular weight is 239 g/mol. The molecule has 0 aliphatic rings. The third kappa shape index (κ3) is 3.99. The number of ether oxygens (including phenoxy) is 1. The Kier molecular flexibility index (Phi) is 4.01. The molecule has 1 N–H and O–H groups in total. The van der Waals surface area contributed by atoms with Gasteiger partial charge in [-0.05, 0) is 13.8 Å². The fraction of sp³-hybridized carbons (Fsp3) is 0.545. The maximum atomic E-state index is 11.1. The lowest BCUT2D eigenvalue weighted by Gasteiger charge is -2.25. The van der Waals surface area contributed by atoms with Crippen LogP contribution in [0.2, 0.25) is 0 Å². The summed E-state index contributed by atoms with van der Waals surface area (Å²) in [4.78, 5) is 20.9. The van der Waals surface area contributed by atoms with E-state index in [0.29, 0.717) is 12.4 Å². The van der Waals surface area contributed by atoms with Gasteiger partial charge in [-0.15, -0.1) is 0 Å². The van der Waals surface area contributed by atoms with E-state index >= 15 is 0 Å². The van der Waals surface area contributed by atoms with Crippen molar-refractivity contribution in [2.75, 3.05) is 25.6 Å². The van der Waals surface area contributed by atoms with E-state index in [0.717, 1.165) is 0 Å². The molecule has 6 nitrogen and oxygen atoms in total. The van der Waals surface area contributed by atoms with Crippen molar-refractivity contribution in [2.24, 2.45) is 0 Å². The molecule has 0 aliphatic heterocycles. The Labute approximate surface area is 100 Å². The van der Waals surface area contributed by atoms with Crippen molar-refractivity contribution in [1.82, 2.24) is 9.97 Å². The van der Waals surface area contributed by atoms with Gasteiger partial charge in [0, 0.05) is 13.6 Å². The molecule has 0 amide bonds. The summed E-state index contributed by atoms with van der Waals surface area (Å²) in [5.41, 5.74) is -0.662. The molecule has 0 fully saturated rings. The minimum atomic E-state index is -0.822. The molecule has 0 aromatic carbocycles. The number of anilines is 1. The number of carbonyl (C=O) groups is 1. The average Bonchev–Trinajstić information content (AvgIpc) is 2.26. The van der Waals surface area contributed by atoms with Gasteiger partial charge in [-0.25, -0.2) is 14.8 Å². The van der Waals surface area contributed by atoms with Crippen molar-refractivity contribution >= 4 is 11.8 Å². The van der Waals surface area contributed by atoms with Gasteiger partial charge in [0.25, 0.3) is 0 Å². The van der Waals surface area contributed by atoms with E-state index in [4.69, 9.17) is 0 Å². The van der Waals surface area contributed by atoms with Gasteiger partial charge in [-0.2, -0.15) is 0 Å². The second-order valence-electron chi connectivity index (χ2n) is 4.42. The molecule has 1 aromatic heterocycles. The molecule has 0 aliphatic carbocycles. The number of aromatic nitrogens is 2. The van der Waals surface area contributed by atoms with E-state index in [1.165, 1.54) is 19.5 Å². The van der Waals surface area contributed by atoms with E-state index in [1.54, 1.807) is 25.8 Å². The van der Waals surface area contributed by atoms with Crippen molar-refractivity contribution in [3.05, 3.63) is 18.1 Å². The fourth-order valence-corrected chi connectivity index (χ4v) is 1.39. The molecule has 0 saturated carbocycles. The van der Waals surface area contributed by atoms with Gasteiger partial charge in [-0.3, -0.25) is 0 Å². The van der Waals surface area contributed by atoms with Gasteiger partial charge in [-0.1, -0.05) is 0 Å². The molecule has 0 saturated heterocycles. The number of hydrogen-bond donors (Lipinski definition) is 1. The standard InChI is InChI=1S/C11H17N3O3/c1-11(2,16)7-14(3)9-6-12-8(5-13-9)10(15)17-4/h5-6,16H,7H2,1-4H3. The van der Waals surface area contributed by atoms with Crippen LogP contribution < -0.4 is 4.90 Å². The SMILES string of the molecule is COC(=O)c1cnc(N(C)CC(C)(C)O)cn1. The van der Waals surface area contributed by atoms with Gasteiger partial charge in [0.05, 0.1) is 25.1 Å². The Morgan fingerprint density at radius 2 is 2.12 bits per heavy atom. The topological polar surface area (TPSA) is 75.5 Å². The highest BCUT2D eigenvalue weighted by molar-refractivity contribution is 5.86. The van der Waals surface area contributed by atoms with Gasteiger partial charge < -0.3 is 14.7 Å². The van der Waals surface area contributed by atoms with Crippen LogP contribution >= 0.6 is 0 Å². The van der Waals surface area contributed by atoms with Crippen molar-refractivity contribution in [1.29, 1.82) is 0 Å². The molecule has 0 atom stereocenters. The molecular formula is C11H17N3O3. The Balaban J connectivity index is 2.77. The van der Waals surface area contributed by atoms with Gasteiger partial charge >= 0.3 is 5.97 Å². The highest BCUT2D eigenvalue weighted by Gasteiger charge is 2.17. The summed E-state index contributed by atoms with van der Waals surface area (Å²) in [6.07, 6.45) is 2.82. The zero-order valence-electron chi connectivity index (χ0n) is 10.5. The van der Waals surface area contributed by atoms with E-state index in [2.05, 4.69) is 14.7 Å². The zero-order valence-corrected chi connectivity index (χ0v) is 10.5. The summed E-state index contributed by atoms with van der Waals surface area (Å²) in [7, 11) is 3.08. The van der Waals surface area contributed by atoms with Crippen molar-refractivity contribution in [3.8, 4) is 0 Å². The number of aliphatic hydroxyl groups is 1. The lowest BCUT2D eigenvalue weighted by molar-refractivity contribution is 0.0593. The first-order chi connectivity index (χ1) is 7.83. The van der Waals surface area contributed by atoms with E-state index in [9.17, 15) is 9.90 Å². The third-order valence-corrected chi connectivity index (χ3v) is 2.05. The summed E-state index contributed by atoms with van der Waals surface area (Å²) >= 11 is 0. The smallest absolute Gasteiger partial charge is 0.358 e. The number of hydrogen-bond acceptors (Lipinski definition) is 6. The predicted molar refractivity (Wildman–Crippen MR) is 62.9 cm³/mol. The lowest BCUT2D eigenvalue weighted by atomic mass is 10.1. The van der Waals surface area contributed by atoms with Crippen molar-refractivity contribution in [2.45, 2.75) is 19.4 Å². The van der Waals surface area contributed by atoms with Crippen LogP contribution in [0, 0.1) is 0 Å². The summed E-state index contributed by atoms with van der Waals surface area (Å²) in [5.74, 6) is 0.0639. The van der Waals surface area contributed by atoms with Gasteiger partial charge in [0.15, 0.2) is 5.69 Å². The fourth-order valence-electron chi connectivity index (χ4n) is 1.39. The van der Waals surface area contributed by atoms with Crippen LogP contribution in [0.4, 0.5) is 5.82 Å². The zero-order chi connectivity index (χ0) is 13.1. The number of likely N-dealkylation sites (N-methyl/N-ethyl adjacent to an activating group) is 1. The van der Waals surface area contributed by atoms with E-state index in [-0.39, 0.29) is 5.69 Å². The minimum absolute atomic E-state index is 0.160. The minimum Gasteiger partial charge on any atom is -0.464 e. The Morgan fingerprint density at radius 3 is 2.53 bits per heavy atom. The first-order valence-electron chi connectivity index (χ1n) is 5.17. The van der Waals surface area contributed by atoms with Crippen LogP contribution in [-0.2, 0) is 4.74 Å². The number of rotatable bonds is 4. The van der Waals surface area contributed by atoms with Crippen molar-refractivity contribution in [3.63, 3.8) is 0 Å². The highest BCUT2D eigenvalue weighted by Crippen LogP contribution is 2.11. The monoisotopic (exact) mass is 239 g/mol. The molecule has 0 bridgehead atoms. The normalized spacial score (nSPS) is 11.1. The van der Waals surface area contributed by atoms with Crippen LogP contribution in [-0.4, -0.2) is 47.3 Å². The largest absolute Gasteiger partial charge is 0.464 e. The maximum absolute atomic E-state index is 11.1. The summed E-state index contributed by atoms with van der Waals surface area (Å²) < 4.78 is 4.52. The second-order valence-corrected chi connectivity index (χ2v) is 4.42. The van der Waals surface area contributed by atoms with Gasteiger partial charge in [0.2, 0.25) is 0 Å². The lowest BCUT2D eigenvalue weighted by Crippen LogP contribution is -2.36. The molecule has 17 heavy (non-hydrogen) atoms. The number of esters is 1. The van der Waals surface area contributed by atoms with Crippen molar-refractivity contribution < 1.29 is 14.6 Å². The first kappa shape index (κ1) is 13.4. The molecule has 94 valence electrons. The molecule has 1 rings (SSSR count). The molecule has 0 unspecified atom stereocenters. The number of nitrogens with zero attached hydrogens (tertiary/aromatic N) is 3. The molecule has 6 heteroatoms. The van der Waals surface area contributed by atoms with Crippen LogP contribution in [0.3, 0.4) is 0 Å². The maximum Gasteiger partial charge on any atom is 0.358 e. The molecule has 0 spiro atoms. The van der Waals surface area contributed by atoms with Crippen LogP contribution in [0.1, 0.15) is 24.3 Å². The Hall–Kier alpha value is -1.69. The summed E-state index contributed by atoms with van der Waals surface area (Å²) in [5, 5.41) is 9.67. The molecule has 1 aromatic rings. The molecule has 1 heterocycles. The quantitative estimate of drug-likeness (QED) is 0.770. The Morgan fingerprint density at radius 1 is 1.47 bits per heavy atom. The highest BCUT2D eigenvalue weighted by atomic mass is 16.5. The van der Waals surface area contributed by atoms with Crippen LogP contribution in [0.5, 0.6) is 0 Å². The Bertz CT molecular complexity index is 384. The van der Waals surface area contributed by atoms with Crippen LogP contribution in [0.15, 0.2) is 12.4 Å². The third-order valence-electron chi connectivity index (χ3n) is 2.05. The molecule has 0 radical (unpaired) electrons. The number of methoxy groups -OCH3 is 1. The van der Waals surface area contributed by atoms with E-state index < -0.39 is 11.6 Å². The summed E-state index contributed by atoms with van der Waals surface area (Å²) in [6.45, 7) is 3.83. The first-order valence-corrected chi connectivity index (χ1v) is 5.17. The summed E-state index contributed by atoms with van der Waals surface area (Å²) in [6, 6.07) is 0. The van der Waals surface area contributed by atoms with Crippen LogP contribution in [0.25, 0.3) is 0 Å². The van der Waals surface area contributed by atoms with E-state index in [1.807, 2.05) is 0 Å². The van der Waals surface area contributed by atoms with Gasteiger partial charge in [0.1, 0.15) is 5.82 Å². The second kappa shape index (κ2) is 5.09.